The summed E-state index contributed by atoms with van der Waals surface area (Å²) in [6.45, 7) is 7.30. The molecule has 2 saturated heterocycles. The quantitative estimate of drug-likeness (QED) is 0.532. The monoisotopic (exact) mass is 466 g/mol. The fourth-order valence-corrected chi connectivity index (χ4v) is 4.77. The molecule has 184 valence electrons. The number of benzene rings is 2. The standard InChI is InChI=1S/C28H38N2O4/c1-23-9-11-25(12-10-23)34-22-28(32)13-4-15-29(18-14-28)21-24-6-2-7-26(20-24)33-19-5-17-30-16-3-8-27(30)31/h2,6-7,9-12,20,32H,3-5,8,13-19,21-22H2,1H3/t28-/m1/s1. The third-order valence-corrected chi connectivity index (χ3v) is 6.86. The second kappa shape index (κ2) is 11.7. The first-order valence-corrected chi connectivity index (χ1v) is 12.6. The van der Waals surface area contributed by atoms with Crippen LogP contribution in [0.25, 0.3) is 0 Å². The number of carbonyl (C=O) groups excluding carboxylic acids is 1. The van der Waals surface area contributed by atoms with Crippen molar-refractivity contribution < 1.29 is 19.4 Å². The molecule has 0 radical (unpaired) electrons. The topological polar surface area (TPSA) is 62.2 Å². The predicted octanol–water partition coefficient (Wildman–Crippen LogP) is 4.18. The molecule has 1 N–H and O–H groups in total. The maximum Gasteiger partial charge on any atom is 0.222 e. The van der Waals surface area contributed by atoms with Crippen LogP contribution in [0.3, 0.4) is 0 Å². The zero-order chi connectivity index (χ0) is 23.8. The predicted molar refractivity (Wildman–Crippen MR) is 133 cm³/mol. The van der Waals surface area contributed by atoms with Crippen molar-refractivity contribution >= 4 is 5.91 Å². The van der Waals surface area contributed by atoms with Crippen LogP contribution in [0, 0.1) is 6.92 Å². The molecule has 2 fully saturated rings. The van der Waals surface area contributed by atoms with E-state index in [0.717, 1.165) is 69.9 Å². The molecule has 0 unspecified atom stereocenters. The number of carbonyl (C=O) groups is 1. The molecule has 0 bridgehead atoms. The summed E-state index contributed by atoms with van der Waals surface area (Å²) in [7, 11) is 0. The maximum absolute atomic E-state index is 11.7. The van der Waals surface area contributed by atoms with Crippen molar-refractivity contribution in [1.29, 1.82) is 0 Å². The van der Waals surface area contributed by atoms with Gasteiger partial charge in [0.15, 0.2) is 0 Å². The molecule has 2 aromatic carbocycles. The molecular formula is C28H38N2O4. The number of ether oxygens (including phenoxy) is 2. The highest BCUT2D eigenvalue weighted by atomic mass is 16.5. The number of aryl methyl sites for hydroxylation is 1. The first-order chi connectivity index (χ1) is 16.5. The van der Waals surface area contributed by atoms with Crippen LogP contribution in [0.4, 0.5) is 0 Å². The van der Waals surface area contributed by atoms with E-state index in [0.29, 0.717) is 26.1 Å². The van der Waals surface area contributed by atoms with Gasteiger partial charge in [-0.25, -0.2) is 0 Å². The summed E-state index contributed by atoms with van der Waals surface area (Å²) in [5.74, 6) is 1.96. The Morgan fingerprint density at radius 2 is 1.82 bits per heavy atom. The fourth-order valence-electron chi connectivity index (χ4n) is 4.77. The minimum absolute atomic E-state index is 0.271. The molecule has 2 aromatic rings. The molecule has 0 spiro atoms. The lowest BCUT2D eigenvalue weighted by molar-refractivity contribution is -0.127. The molecule has 1 amide bonds. The summed E-state index contributed by atoms with van der Waals surface area (Å²) in [5, 5.41) is 11.1. The molecule has 2 heterocycles. The molecule has 6 heteroatoms. The molecular weight excluding hydrogens is 428 g/mol. The fraction of sp³-hybridized carbons (Fsp3) is 0.536. The lowest BCUT2D eigenvalue weighted by Crippen LogP contribution is -2.37. The molecule has 0 aliphatic carbocycles. The third kappa shape index (κ3) is 7.21. The highest BCUT2D eigenvalue weighted by molar-refractivity contribution is 5.77. The molecule has 2 aliphatic heterocycles. The largest absolute Gasteiger partial charge is 0.494 e. The molecule has 34 heavy (non-hydrogen) atoms. The zero-order valence-electron chi connectivity index (χ0n) is 20.4. The highest BCUT2D eigenvalue weighted by Gasteiger charge is 2.31. The van der Waals surface area contributed by atoms with Gasteiger partial charge in [0.1, 0.15) is 18.1 Å². The Labute approximate surface area is 203 Å². The Hall–Kier alpha value is -2.57. The number of hydrogen-bond acceptors (Lipinski definition) is 5. The smallest absolute Gasteiger partial charge is 0.222 e. The molecule has 4 rings (SSSR count). The van der Waals surface area contributed by atoms with Gasteiger partial charge in [-0.05, 0) is 75.4 Å². The van der Waals surface area contributed by atoms with Crippen molar-refractivity contribution in [1.82, 2.24) is 9.80 Å². The van der Waals surface area contributed by atoms with Crippen molar-refractivity contribution in [2.75, 3.05) is 39.4 Å². The van der Waals surface area contributed by atoms with E-state index in [-0.39, 0.29) is 5.91 Å². The summed E-state index contributed by atoms with van der Waals surface area (Å²) in [4.78, 5) is 16.0. The second-order valence-electron chi connectivity index (χ2n) is 9.79. The number of nitrogens with zero attached hydrogens (tertiary/aromatic N) is 2. The number of rotatable bonds is 10. The van der Waals surface area contributed by atoms with Crippen LogP contribution in [0.2, 0.25) is 0 Å². The van der Waals surface area contributed by atoms with Gasteiger partial charge in [0, 0.05) is 32.6 Å². The van der Waals surface area contributed by atoms with Gasteiger partial charge in [0.25, 0.3) is 0 Å². The van der Waals surface area contributed by atoms with Gasteiger partial charge in [0.05, 0.1) is 12.2 Å². The van der Waals surface area contributed by atoms with Crippen LogP contribution in [-0.4, -0.2) is 65.8 Å². The van der Waals surface area contributed by atoms with E-state index in [9.17, 15) is 9.90 Å². The first-order valence-electron chi connectivity index (χ1n) is 12.6. The van der Waals surface area contributed by atoms with E-state index in [1.165, 1.54) is 11.1 Å². The molecule has 0 aromatic heterocycles. The number of aliphatic hydroxyl groups is 1. The van der Waals surface area contributed by atoms with Crippen LogP contribution in [0.1, 0.15) is 49.7 Å². The maximum atomic E-state index is 11.7. The van der Waals surface area contributed by atoms with Crippen molar-refractivity contribution in [3.63, 3.8) is 0 Å². The minimum atomic E-state index is -0.790. The average Bonchev–Trinajstić information content (AvgIpc) is 3.15. The lowest BCUT2D eigenvalue weighted by Gasteiger charge is -2.27. The van der Waals surface area contributed by atoms with Crippen molar-refractivity contribution in [3.05, 3.63) is 59.7 Å². The Morgan fingerprint density at radius 1 is 0.971 bits per heavy atom. The summed E-state index contributed by atoms with van der Waals surface area (Å²) in [6.07, 6.45) is 4.92. The van der Waals surface area contributed by atoms with Gasteiger partial charge in [-0.15, -0.1) is 0 Å². The second-order valence-corrected chi connectivity index (χ2v) is 9.79. The zero-order valence-corrected chi connectivity index (χ0v) is 20.4. The molecule has 6 nitrogen and oxygen atoms in total. The van der Waals surface area contributed by atoms with Crippen molar-refractivity contribution in [3.8, 4) is 11.5 Å². The molecule has 2 aliphatic rings. The van der Waals surface area contributed by atoms with Gasteiger partial charge in [-0.3, -0.25) is 9.69 Å². The van der Waals surface area contributed by atoms with Gasteiger partial charge < -0.3 is 19.5 Å². The van der Waals surface area contributed by atoms with Crippen LogP contribution < -0.4 is 9.47 Å². The normalized spacial score (nSPS) is 21.5. The Balaban J connectivity index is 1.21. The van der Waals surface area contributed by atoms with Gasteiger partial charge in [-0.2, -0.15) is 0 Å². The highest BCUT2D eigenvalue weighted by Crippen LogP contribution is 2.25. The van der Waals surface area contributed by atoms with Crippen molar-refractivity contribution in [2.45, 2.75) is 57.6 Å². The number of amides is 1. The third-order valence-electron chi connectivity index (χ3n) is 6.86. The van der Waals surface area contributed by atoms with E-state index in [4.69, 9.17) is 9.47 Å². The van der Waals surface area contributed by atoms with Gasteiger partial charge in [0.2, 0.25) is 5.91 Å². The lowest BCUT2D eigenvalue weighted by atomic mass is 9.96. The summed E-state index contributed by atoms with van der Waals surface area (Å²) in [5.41, 5.74) is 1.62. The average molecular weight is 467 g/mol. The Kier molecular flexibility index (Phi) is 8.46. The van der Waals surface area contributed by atoms with E-state index >= 15 is 0 Å². The Morgan fingerprint density at radius 3 is 2.62 bits per heavy atom. The summed E-state index contributed by atoms with van der Waals surface area (Å²) in [6, 6.07) is 16.3. The van der Waals surface area contributed by atoms with Gasteiger partial charge >= 0.3 is 0 Å². The van der Waals surface area contributed by atoms with Crippen LogP contribution in [0.15, 0.2) is 48.5 Å². The summed E-state index contributed by atoms with van der Waals surface area (Å²) >= 11 is 0. The SMILES string of the molecule is Cc1ccc(OC[C@@]2(O)CCCN(Cc3cccc(OCCCN4CCCC4=O)c3)CC2)cc1. The van der Waals surface area contributed by atoms with Crippen molar-refractivity contribution in [2.24, 2.45) is 0 Å². The number of likely N-dealkylation sites (tertiary alicyclic amines) is 2. The van der Waals surface area contributed by atoms with E-state index in [1.807, 2.05) is 41.3 Å². The van der Waals surface area contributed by atoms with E-state index in [2.05, 4.69) is 24.0 Å². The van der Waals surface area contributed by atoms with Gasteiger partial charge in [-0.1, -0.05) is 29.8 Å². The molecule has 1 atom stereocenters. The molecule has 0 saturated carbocycles. The Bertz CT molecular complexity index is 932. The van der Waals surface area contributed by atoms with Crippen LogP contribution >= 0.6 is 0 Å². The minimum Gasteiger partial charge on any atom is -0.494 e. The van der Waals surface area contributed by atoms with Crippen LogP contribution in [-0.2, 0) is 11.3 Å². The first kappa shape index (κ1) is 24.6. The number of hydrogen-bond donors (Lipinski definition) is 1. The summed E-state index contributed by atoms with van der Waals surface area (Å²) < 4.78 is 11.9. The van der Waals surface area contributed by atoms with E-state index < -0.39 is 5.60 Å². The van der Waals surface area contributed by atoms with E-state index in [1.54, 1.807) is 0 Å². The van der Waals surface area contributed by atoms with Crippen LogP contribution in [0.5, 0.6) is 11.5 Å².